The van der Waals surface area contributed by atoms with Gasteiger partial charge in [-0.05, 0) is 38.5 Å². The molecule has 1 aromatic carbocycles. The standard InChI is InChI=1S/C28H38N2O7/c1-5-6-7-8-10-30(23(33)12-17(2)3)21-15-20(28(35)29-9-11-31)24-19-13-18(16-32)14-22(36-4)26(19)37-27(24)25(21)34/h12-16,21,24-25,27,31,34H,5-11H2,1-4H3,(H,29,35)/t21-,24+,25+,27+/m1/s1. The van der Waals surface area contributed by atoms with Crippen molar-refractivity contribution < 1.29 is 34.1 Å². The van der Waals surface area contributed by atoms with E-state index in [2.05, 4.69) is 12.2 Å². The van der Waals surface area contributed by atoms with E-state index in [0.29, 0.717) is 41.0 Å². The second-order valence-electron chi connectivity index (χ2n) is 9.72. The van der Waals surface area contributed by atoms with Crippen molar-refractivity contribution in [2.24, 2.45) is 0 Å². The molecule has 1 aliphatic carbocycles. The number of carbonyl (C=O) groups is 3. The summed E-state index contributed by atoms with van der Waals surface area (Å²) in [4.78, 5) is 39.8. The highest BCUT2D eigenvalue weighted by Crippen LogP contribution is 2.51. The summed E-state index contributed by atoms with van der Waals surface area (Å²) in [5.41, 5.74) is 2.04. The van der Waals surface area contributed by atoms with Crippen LogP contribution in [-0.2, 0) is 9.59 Å². The Morgan fingerprint density at radius 2 is 1.97 bits per heavy atom. The molecule has 202 valence electrons. The number of aliphatic hydroxyl groups excluding tert-OH is 2. The van der Waals surface area contributed by atoms with Gasteiger partial charge in [0, 0.05) is 35.9 Å². The zero-order chi connectivity index (χ0) is 27.1. The first-order valence-corrected chi connectivity index (χ1v) is 12.8. The molecule has 1 aromatic rings. The fraction of sp³-hybridized carbons (Fsp3) is 0.536. The third kappa shape index (κ3) is 6.22. The van der Waals surface area contributed by atoms with Gasteiger partial charge in [-0.15, -0.1) is 0 Å². The minimum absolute atomic E-state index is 0.0453. The molecule has 1 heterocycles. The van der Waals surface area contributed by atoms with Crippen LogP contribution in [0.3, 0.4) is 0 Å². The molecular formula is C28H38N2O7. The van der Waals surface area contributed by atoms with Crippen LogP contribution in [-0.4, -0.2) is 78.3 Å². The number of benzene rings is 1. The number of ether oxygens (including phenoxy) is 2. The molecule has 0 spiro atoms. The van der Waals surface area contributed by atoms with Crippen molar-refractivity contribution in [2.45, 2.75) is 70.6 Å². The second-order valence-corrected chi connectivity index (χ2v) is 9.72. The normalized spacial score (nSPS) is 21.6. The van der Waals surface area contributed by atoms with E-state index in [-0.39, 0.29) is 19.1 Å². The Kier molecular flexibility index (Phi) is 9.88. The van der Waals surface area contributed by atoms with Crippen LogP contribution >= 0.6 is 0 Å². The molecule has 0 unspecified atom stereocenters. The van der Waals surface area contributed by atoms with Gasteiger partial charge in [-0.3, -0.25) is 14.4 Å². The third-order valence-electron chi connectivity index (χ3n) is 6.72. The Morgan fingerprint density at radius 1 is 1.22 bits per heavy atom. The van der Waals surface area contributed by atoms with Crippen molar-refractivity contribution in [3.05, 3.63) is 46.6 Å². The molecule has 9 nitrogen and oxygen atoms in total. The summed E-state index contributed by atoms with van der Waals surface area (Å²) >= 11 is 0. The van der Waals surface area contributed by atoms with Crippen molar-refractivity contribution in [1.29, 1.82) is 0 Å². The van der Waals surface area contributed by atoms with E-state index in [9.17, 15) is 24.6 Å². The van der Waals surface area contributed by atoms with Gasteiger partial charge in [-0.25, -0.2) is 0 Å². The molecular weight excluding hydrogens is 476 g/mol. The molecule has 9 heteroatoms. The van der Waals surface area contributed by atoms with Gasteiger partial charge in [0.25, 0.3) is 0 Å². The number of hydrogen-bond donors (Lipinski definition) is 3. The maximum absolute atomic E-state index is 13.3. The van der Waals surface area contributed by atoms with Crippen molar-refractivity contribution in [3.63, 3.8) is 0 Å². The SMILES string of the molecule is CCCCCCN(C(=O)C=C(C)C)[C@@H]1C=C(C(=O)NCCO)[C@@H]2c3cc(C=O)cc(OC)c3O[C@@H]2[C@H]1O. The first kappa shape index (κ1) is 28.4. The van der Waals surface area contributed by atoms with E-state index in [0.717, 1.165) is 31.3 Å². The topological polar surface area (TPSA) is 125 Å². The number of aliphatic hydroxyl groups is 2. The number of hydrogen-bond acceptors (Lipinski definition) is 7. The number of fused-ring (bicyclic) bond motifs is 3. The Hall–Kier alpha value is -3.17. The van der Waals surface area contributed by atoms with Gasteiger partial charge in [0.05, 0.1) is 25.7 Å². The molecule has 0 aromatic heterocycles. The highest BCUT2D eigenvalue weighted by Gasteiger charge is 2.51. The number of unbranched alkanes of at least 4 members (excludes halogenated alkanes) is 3. The molecule has 3 rings (SSSR count). The number of nitrogens with one attached hydrogen (secondary N) is 1. The number of allylic oxidation sites excluding steroid dienone is 1. The van der Waals surface area contributed by atoms with Gasteiger partial charge < -0.3 is 29.9 Å². The molecule has 0 bridgehead atoms. The van der Waals surface area contributed by atoms with Gasteiger partial charge in [0.1, 0.15) is 18.5 Å². The fourth-order valence-electron chi connectivity index (χ4n) is 5.00. The lowest BCUT2D eigenvalue weighted by molar-refractivity contribution is -0.132. The van der Waals surface area contributed by atoms with E-state index < -0.39 is 30.1 Å². The summed E-state index contributed by atoms with van der Waals surface area (Å²) < 4.78 is 11.6. The average molecular weight is 515 g/mol. The molecule has 2 amide bonds. The minimum Gasteiger partial charge on any atom is -0.493 e. The fourth-order valence-corrected chi connectivity index (χ4v) is 5.00. The van der Waals surface area contributed by atoms with E-state index in [1.54, 1.807) is 23.1 Å². The summed E-state index contributed by atoms with van der Waals surface area (Å²) in [5.74, 6) is -0.692. The van der Waals surface area contributed by atoms with Crippen molar-refractivity contribution in [3.8, 4) is 11.5 Å². The first-order chi connectivity index (χ1) is 17.8. The lowest BCUT2D eigenvalue weighted by Gasteiger charge is -2.40. The van der Waals surface area contributed by atoms with E-state index in [4.69, 9.17) is 9.47 Å². The first-order valence-electron chi connectivity index (χ1n) is 12.8. The summed E-state index contributed by atoms with van der Waals surface area (Å²) in [6, 6.07) is 2.36. The largest absolute Gasteiger partial charge is 0.493 e. The number of methoxy groups -OCH3 is 1. The van der Waals surface area contributed by atoms with E-state index >= 15 is 0 Å². The average Bonchev–Trinajstić information content (AvgIpc) is 3.27. The highest BCUT2D eigenvalue weighted by atomic mass is 16.5. The Bertz CT molecular complexity index is 1060. The maximum atomic E-state index is 13.3. The van der Waals surface area contributed by atoms with Crippen LogP contribution in [0.5, 0.6) is 11.5 Å². The molecule has 4 atom stereocenters. The molecule has 3 N–H and O–H groups in total. The number of rotatable bonds is 12. The van der Waals surface area contributed by atoms with Gasteiger partial charge in [0.2, 0.25) is 11.8 Å². The van der Waals surface area contributed by atoms with Crippen LogP contribution in [0.15, 0.2) is 35.4 Å². The van der Waals surface area contributed by atoms with Gasteiger partial charge in [0.15, 0.2) is 11.5 Å². The zero-order valence-electron chi connectivity index (χ0n) is 22.0. The lowest BCUT2D eigenvalue weighted by Crippen LogP contribution is -2.55. The molecule has 1 aliphatic heterocycles. The number of amides is 2. The molecule has 0 radical (unpaired) electrons. The quantitative estimate of drug-likeness (QED) is 0.222. The summed E-state index contributed by atoms with van der Waals surface area (Å²) in [7, 11) is 1.45. The zero-order valence-corrected chi connectivity index (χ0v) is 22.0. The molecule has 37 heavy (non-hydrogen) atoms. The predicted molar refractivity (Wildman–Crippen MR) is 139 cm³/mol. The van der Waals surface area contributed by atoms with E-state index in [1.165, 1.54) is 13.2 Å². The minimum atomic E-state index is -1.14. The summed E-state index contributed by atoms with van der Waals surface area (Å²) in [6.07, 6.45) is 5.59. The van der Waals surface area contributed by atoms with Crippen LogP contribution in [0, 0.1) is 0 Å². The summed E-state index contributed by atoms with van der Waals surface area (Å²) in [5, 5.41) is 23.5. The Morgan fingerprint density at radius 3 is 2.59 bits per heavy atom. The van der Waals surface area contributed by atoms with Crippen molar-refractivity contribution >= 4 is 18.1 Å². The Balaban J connectivity index is 2.10. The number of carbonyl (C=O) groups excluding carboxylic acids is 3. The van der Waals surface area contributed by atoms with Gasteiger partial charge in [-0.2, -0.15) is 0 Å². The number of aldehydes is 1. The molecule has 0 saturated carbocycles. The molecule has 0 saturated heterocycles. The monoisotopic (exact) mass is 514 g/mol. The maximum Gasteiger partial charge on any atom is 0.247 e. The molecule has 2 aliphatic rings. The van der Waals surface area contributed by atoms with E-state index in [1.807, 2.05) is 13.8 Å². The lowest BCUT2D eigenvalue weighted by atomic mass is 9.77. The predicted octanol–water partition coefficient (Wildman–Crippen LogP) is 2.51. The number of nitrogens with zero attached hydrogens (tertiary/aromatic N) is 1. The van der Waals surface area contributed by atoms with Crippen LogP contribution in [0.4, 0.5) is 0 Å². The van der Waals surface area contributed by atoms with Crippen molar-refractivity contribution in [1.82, 2.24) is 10.2 Å². The van der Waals surface area contributed by atoms with Crippen LogP contribution in [0.1, 0.15) is 68.3 Å². The van der Waals surface area contributed by atoms with Crippen LogP contribution in [0.2, 0.25) is 0 Å². The smallest absolute Gasteiger partial charge is 0.247 e. The Labute approximate surface area is 218 Å². The van der Waals surface area contributed by atoms with Gasteiger partial charge >= 0.3 is 0 Å². The van der Waals surface area contributed by atoms with Gasteiger partial charge in [-0.1, -0.05) is 31.8 Å². The third-order valence-corrected chi connectivity index (χ3v) is 6.72. The van der Waals surface area contributed by atoms with Crippen LogP contribution in [0.25, 0.3) is 0 Å². The molecule has 0 fully saturated rings. The summed E-state index contributed by atoms with van der Waals surface area (Å²) in [6.45, 7) is 5.99. The highest BCUT2D eigenvalue weighted by molar-refractivity contribution is 5.97. The van der Waals surface area contributed by atoms with Crippen LogP contribution < -0.4 is 14.8 Å². The second kappa shape index (κ2) is 12.9. The van der Waals surface area contributed by atoms with Crippen molar-refractivity contribution in [2.75, 3.05) is 26.8 Å².